The molecule has 102 valence electrons. The van der Waals surface area contributed by atoms with Gasteiger partial charge in [0.05, 0.1) is 11.3 Å². The van der Waals surface area contributed by atoms with Crippen molar-refractivity contribution in [2.75, 3.05) is 13.1 Å². The summed E-state index contributed by atoms with van der Waals surface area (Å²) in [6, 6.07) is 0.427. The number of hydrogen-bond acceptors (Lipinski definition) is 3. The predicted molar refractivity (Wildman–Crippen MR) is 73.3 cm³/mol. The van der Waals surface area contributed by atoms with E-state index in [1.54, 1.807) is 4.68 Å². The number of aromatic nitrogens is 2. The molecule has 2 N–H and O–H groups in total. The summed E-state index contributed by atoms with van der Waals surface area (Å²) in [6.45, 7) is 5.55. The van der Waals surface area contributed by atoms with Crippen LogP contribution in [0.1, 0.15) is 34.6 Å². The van der Waals surface area contributed by atoms with E-state index in [1.165, 1.54) is 6.42 Å². The molecule has 1 aromatic rings. The standard InChI is InChI=1S/C12H20N4O.ClH/c1-8-11(9(2)16(3)15-8)12(17)14-7-10-5-4-6-13-10;/h10,13H,4-7H2,1-3H3,(H,14,17);1H. The second kappa shape index (κ2) is 6.20. The Morgan fingerprint density at radius 3 is 2.78 bits per heavy atom. The summed E-state index contributed by atoms with van der Waals surface area (Å²) in [5.74, 6) is -0.0122. The van der Waals surface area contributed by atoms with Crippen LogP contribution in [0.5, 0.6) is 0 Å². The fraction of sp³-hybridized carbons (Fsp3) is 0.667. The largest absolute Gasteiger partial charge is 0.350 e. The van der Waals surface area contributed by atoms with Gasteiger partial charge in [0.2, 0.25) is 0 Å². The molecule has 0 aromatic carbocycles. The molecule has 6 heteroatoms. The molecule has 1 aliphatic rings. The molecular weight excluding hydrogens is 252 g/mol. The normalized spacial score (nSPS) is 18.5. The van der Waals surface area contributed by atoms with Gasteiger partial charge < -0.3 is 10.6 Å². The fourth-order valence-electron chi connectivity index (χ4n) is 2.34. The molecular formula is C12H21ClN4O. The first-order valence-corrected chi connectivity index (χ1v) is 6.11. The Morgan fingerprint density at radius 1 is 1.56 bits per heavy atom. The quantitative estimate of drug-likeness (QED) is 0.861. The number of hydrogen-bond donors (Lipinski definition) is 2. The van der Waals surface area contributed by atoms with Crippen molar-refractivity contribution in [3.8, 4) is 0 Å². The summed E-state index contributed by atoms with van der Waals surface area (Å²) >= 11 is 0. The molecule has 2 rings (SSSR count). The van der Waals surface area contributed by atoms with Gasteiger partial charge in [0.25, 0.3) is 5.91 Å². The molecule has 0 bridgehead atoms. The first-order valence-electron chi connectivity index (χ1n) is 6.11. The van der Waals surface area contributed by atoms with Crippen LogP contribution in [-0.4, -0.2) is 34.8 Å². The first-order chi connectivity index (χ1) is 8.09. The minimum atomic E-state index is -0.0122. The highest BCUT2D eigenvalue weighted by Crippen LogP contribution is 2.11. The molecule has 1 aliphatic heterocycles. The maximum absolute atomic E-state index is 12.1. The molecule has 2 heterocycles. The number of amides is 1. The second-order valence-corrected chi connectivity index (χ2v) is 4.67. The van der Waals surface area contributed by atoms with Crippen molar-refractivity contribution in [1.82, 2.24) is 20.4 Å². The molecule has 1 unspecified atom stereocenters. The lowest BCUT2D eigenvalue weighted by atomic mass is 10.1. The molecule has 1 aromatic heterocycles. The maximum atomic E-state index is 12.1. The Morgan fingerprint density at radius 2 is 2.28 bits per heavy atom. The maximum Gasteiger partial charge on any atom is 0.255 e. The minimum Gasteiger partial charge on any atom is -0.350 e. The van der Waals surface area contributed by atoms with E-state index in [0.717, 1.165) is 24.4 Å². The van der Waals surface area contributed by atoms with E-state index in [1.807, 2.05) is 20.9 Å². The van der Waals surface area contributed by atoms with Crippen LogP contribution >= 0.6 is 12.4 Å². The van der Waals surface area contributed by atoms with Gasteiger partial charge in [-0.2, -0.15) is 5.10 Å². The Hall–Kier alpha value is -1.07. The van der Waals surface area contributed by atoms with Crippen LogP contribution in [0.3, 0.4) is 0 Å². The van der Waals surface area contributed by atoms with Crippen molar-refractivity contribution >= 4 is 18.3 Å². The third-order valence-corrected chi connectivity index (χ3v) is 3.41. The average Bonchev–Trinajstić information content (AvgIpc) is 2.86. The van der Waals surface area contributed by atoms with Gasteiger partial charge in [0.1, 0.15) is 0 Å². The Labute approximate surface area is 114 Å². The Balaban J connectivity index is 0.00000162. The molecule has 0 radical (unpaired) electrons. The van der Waals surface area contributed by atoms with Crippen LogP contribution in [-0.2, 0) is 7.05 Å². The first kappa shape index (κ1) is 15.0. The third kappa shape index (κ3) is 3.03. The molecule has 0 aliphatic carbocycles. The average molecular weight is 273 g/mol. The summed E-state index contributed by atoms with van der Waals surface area (Å²) in [7, 11) is 1.86. The highest BCUT2D eigenvalue weighted by atomic mass is 35.5. The molecule has 1 saturated heterocycles. The van der Waals surface area contributed by atoms with Crippen LogP contribution < -0.4 is 10.6 Å². The summed E-state index contributed by atoms with van der Waals surface area (Å²) in [6.07, 6.45) is 2.34. The van der Waals surface area contributed by atoms with E-state index in [0.29, 0.717) is 18.2 Å². The van der Waals surface area contributed by atoms with Crippen molar-refractivity contribution in [3.63, 3.8) is 0 Å². The number of carbonyl (C=O) groups excluding carboxylic acids is 1. The van der Waals surface area contributed by atoms with Crippen LogP contribution in [0.15, 0.2) is 0 Å². The van der Waals surface area contributed by atoms with Crippen molar-refractivity contribution in [2.24, 2.45) is 7.05 Å². The highest BCUT2D eigenvalue weighted by Gasteiger charge is 2.19. The van der Waals surface area contributed by atoms with Gasteiger partial charge in [-0.1, -0.05) is 0 Å². The molecule has 18 heavy (non-hydrogen) atoms. The van der Waals surface area contributed by atoms with Crippen molar-refractivity contribution in [3.05, 3.63) is 17.0 Å². The van der Waals surface area contributed by atoms with Gasteiger partial charge in [0.15, 0.2) is 0 Å². The molecule has 5 nitrogen and oxygen atoms in total. The zero-order valence-corrected chi connectivity index (χ0v) is 11.9. The zero-order valence-electron chi connectivity index (χ0n) is 11.1. The molecule has 1 amide bonds. The zero-order chi connectivity index (χ0) is 12.4. The smallest absolute Gasteiger partial charge is 0.255 e. The van der Waals surface area contributed by atoms with E-state index in [4.69, 9.17) is 0 Å². The van der Waals surface area contributed by atoms with Gasteiger partial charge in [-0.15, -0.1) is 12.4 Å². The second-order valence-electron chi connectivity index (χ2n) is 4.67. The Kier molecular flexibility index (Phi) is 5.16. The number of aryl methyl sites for hydroxylation is 2. The van der Waals surface area contributed by atoms with E-state index >= 15 is 0 Å². The lowest BCUT2D eigenvalue weighted by molar-refractivity contribution is 0.0949. The van der Waals surface area contributed by atoms with Crippen molar-refractivity contribution in [2.45, 2.75) is 32.7 Å². The number of carbonyl (C=O) groups is 1. The summed E-state index contributed by atoms with van der Waals surface area (Å²) in [4.78, 5) is 12.1. The monoisotopic (exact) mass is 272 g/mol. The van der Waals surface area contributed by atoms with E-state index in [9.17, 15) is 4.79 Å². The molecule has 0 spiro atoms. The lowest BCUT2D eigenvalue weighted by Gasteiger charge is -2.11. The lowest BCUT2D eigenvalue weighted by Crippen LogP contribution is -2.37. The number of halogens is 1. The topological polar surface area (TPSA) is 59.0 Å². The van der Waals surface area contributed by atoms with Crippen LogP contribution in [0.25, 0.3) is 0 Å². The van der Waals surface area contributed by atoms with E-state index < -0.39 is 0 Å². The summed E-state index contributed by atoms with van der Waals surface area (Å²) in [5, 5.41) is 10.6. The highest BCUT2D eigenvalue weighted by molar-refractivity contribution is 5.96. The van der Waals surface area contributed by atoms with E-state index in [2.05, 4.69) is 15.7 Å². The number of nitrogens with zero attached hydrogens (tertiary/aromatic N) is 2. The van der Waals surface area contributed by atoms with Crippen LogP contribution in [0, 0.1) is 13.8 Å². The van der Waals surface area contributed by atoms with Crippen LogP contribution in [0.4, 0.5) is 0 Å². The van der Waals surface area contributed by atoms with Gasteiger partial charge in [-0.3, -0.25) is 9.48 Å². The minimum absolute atomic E-state index is 0. The van der Waals surface area contributed by atoms with Gasteiger partial charge in [-0.05, 0) is 33.2 Å². The predicted octanol–water partition coefficient (Wildman–Crippen LogP) is 0.941. The molecule has 0 saturated carbocycles. The Bertz CT molecular complexity index is 424. The fourth-order valence-corrected chi connectivity index (χ4v) is 2.34. The van der Waals surface area contributed by atoms with Gasteiger partial charge in [0, 0.05) is 25.3 Å². The van der Waals surface area contributed by atoms with Crippen molar-refractivity contribution in [1.29, 1.82) is 0 Å². The summed E-state index contributed by atoms with van der Waals surface area (Å²) < 4.78 is 1.75. The van der Waals surface area contributed by atoms with Crippen LogP contribution in [0.2, 0.25) is 0 Å². The number of nitrogens with one attached hydrogen (secondary N) is 2. The SMILES string of the molecule is Cc1nn(C)c(C)c1C(=O)NCC1CCCN1.Cl. The van der Waals surface area contributed by atoms with Gasteiger partial charge in [-0.25, -0.2) is 0 Å². The third-order valence-electron chi connectivity index (χ3n) is 3.41. The number of rotatable bonds is 3. The molecule has 1 atom stereocenters. The molecule has 1 fully saturated rings. The van der Waals surface area contributed by atoms with Gasteiger partial charge >= 0.3 is 0 Å². The van der Waals surface area contributed by atoms with Crippen molar-refractivity contribution < 1.29 is 4.79 Å². The summed E-state index contributed by atoms with van der Waals surface area (Å²) in [5.41, 5.74) is 2.42. The van der Waals surface area contributed by atoms with E-state index in [-0.39, 0.29) is 18.3 Å².